The van der Waals surface area contributed by atoms with Gasteiger partial charge < -0.3 is 14.8 Å². The molecule has 0 aliphatic carbocycles. The minimum atomic E-state index is 0.442. The second-order valence-corrected chi connectivity index (χ2v) is 6.29. The molecule has 1 aromatic carbocycles. The first-order chi connectivity index (χ1) is 8.78. The van der Waals surface area contributed by atoms with E-state index >= 15 is 0 Å². The molecule has 18 heavy (non-hydrogen) atoms. The Hall–Kier alpha value is -0.870. The minimum Gasteiger partial charge on any atom is -0.486 e. The molecule has 2 aliphatic heterocycles. The summed E-state index contributed by atoms with van der Waals surface area (Å²) in [5, 5.41) is 4.21. The summed E-state index contributed by atoms with van der Waals surface area (Å²) < 4.78 is 11.3. The average Bonchev–Trinajstić information content (AvgIpc) is 2.37. The van der Waals surface area contributed by atoms with Crippen molar-refractivity contribution in [3.63, 3.8) is 0 Å². The monoisotopic (exact) mass is 265 g/mol. The molecule has 0 saturated heterocycles. The summed E-state index contributed by atoms with van der Waals surface area (Å²) in [6.07, 6.45) is 1.17. The van der Waals surface area contributed by atoms with Gasteiger partial charge in [0.1, 0.15) is 13.2 Å². The van der Waals surface area contributed by atoms with Crippen LogP contribution >= 0.6 is 11.8 Å². The van der Waals surface area contributed by atoms with E-state index in [0.717, 1.165) is 18.0 Å². The van der Waals surface area contributed by atoms with Gasteiger partial charge in [0.15, 0.2) is 11.5 Å². The lowest BCUT2D eigenvalue weighted by Crippen LogP contribution is -2.27. The number of thioether (sulfide) groups is 1. The van der Waals surface area contributed by atoms with Crippen molar-refractivity contribution in [2.75, 3.05) is 19.8 Å². The Morgan fingerprint density at radius 3 is 2.72 bits per heavy atom. The van der Waals surface area contributed by atoms with Crippen LogP contribution in [0.25, 0.3) is 0 Å². The molecule has 0 radical (unpaired) electrons. The third kappa shape index (κ3) is 2.19. The molecule has 0 aromatic heterocycles. The van der Waals surface area contributed by atoms with E-state index in [1.807, 2.05) is 11.8 Å². The largest absolute Gasteiger partial charge is 0.486 e. The third-order valence-corrected chi connectivity index (χ3v) is 4.60. The number of hydrogen-bond donors (Lipinski definition) is 1. The lowest BCUT2D eigenvalue weighted by molar-refractivity contribution is 0.170. The Balaban J connectivity index is 2.00. The van der Waals surface area contributed by atoms with Crippen molar-refractivity contribution in [2.45, 2.75) is 36.5 Å². The summed E-state index contributed by atoms with van der Waals surface area (Å²) in [5.74, 6) is 1.80. The van der Waals surface area contributed by atoms with E-state index in [0.29, 0.717) is 24.5 Å². The molecule has 3 nitrogen and oxygen atoms in total. The van der Waals surface area contributed by atoms with Crippen molar-refractivity contribution in [3.8, 4) is 11.5 Å². The number of nitrogens with one attached hydrogen (secondary N) is 1. The van der Waals surface area contributed by atoms with Crippen LogP contribution in [0.1, 0.15) is 31.9 Å². The van der Waals surface area contributed by atoms with Gasteiger partial charge in [0.05, 0.1) is 0 Å². The first-order valence-corrected chi connectivity index (χ1v) is 7.49. The molecule has 0 fully saturated rings. The van der Waals surface area contributed by atoms with E-state index < -0.39 is 0 Å². The van der Waals surface area contributed by atoms with Gasteiger partial charge in [-0.15, -0.1) is 11.8 Å². The molecule has 0 amide bonds. The first kappa shape index (κ1) is 12.2. The van der Waals surface area contributed by atoms with E-state index in [2.05, 4.69) is 31.3 Å². The van der Waals surface area contributed by atoms with Crippen molar-refractivity contribution in [3.05, 3.63) is 17.7 Å². The van der Waals surface area contributed by atoms with E-state index in [1.54, 1.807) is 0 Å². The van der Waals surface area contributed by atoms with Gasteiger partial charge in [-0.1, -0.05) is 13.8 Å². The zero-order valence-electron chi connectivity index (χ0n) is 10.9. The van der Waals surface area contributed by atoms with Crippen molar-refractivity contribution in [1.82, 2.24) is 5.32 Å². The van der Waals surface area contributed by atoms with E-state index in [4.69, 9.17) is 9.47 Å². The van der Waals surface area contributed by atoms with Gasteiger partial charge in [-0.25, -0.2) is 0 Å². The maximum Gasteiger partial charge on any atom is 0.162 e. The van der Waals surface area contributed by atoms with Crippen molar-refractivity contribution < 1.29 is 9.47 Å². The van der Waals surface area contributed by atoms with Gasteiger partial charge in [-0.2, -0.15) is 0 Å². The zero-order valence-corrected chi connectivity index (χ0v) is 11.7. The Morgan fingerprint density at radius 2 is 2.00 bits per heavy atom. The normalized spacial score (nSPS) is 25.7. The molecular weight excluding hydrogens is 246 g/mol. The number of ether oxygens (including phenoxy) is 2. The molecule has 2 aliphatic rings. The Morgan fingerprint density at radius 1 is 1.28 bits per heavy atom. The Labute approximate surface area is 112 Å². The molecule has 0 bridgehead atoms. The van der Waals surface area contributed by atoms with Gasteiger partial charge in [0.25, 0.3) is 0 Å². The Kier molecular flexibility index (Phi) is 3.39. The van der Waals surface area contributed by atoms with Crippen LogP contribution in [0.15, 0.2) is 17.0 Å². The van der Waals surface area contributed by atoms with Crippen LogP contribution < -0.4 is 14.8 Å². The molecule has 0 saturated carbocycles. The van der Waals surface area contributed by atoms with Crippen molar-refractivity contribution in [2.24, 2.45) is 0 Å². The number of fused-ring (bicyclic) bond motifs is 2. The molecule has 4 heteroatoms. The van der Waals surface area contributed by atoms with Crippen LogP contribution in [-0.2, 0) is 0 Å². The smallest absolute Gasteiger partial charge is 0.162 e. The highest BCUT2D eigenvalue weighted by Gasteiger charge is 2.27. The Bertz CT molecular complexity index is 450. The van der Waals surface area contributed by atoms with E-state index in [1.165, 1.54) is 16.9 Å². The molecule has 98 valence electrons. The SMILES string of the molecule is CCNC1CC(C)Sc2cc3c(cc21)OCCO3. The van der Waals surface area contributed by atoms with Crippen molar-refractivity contribution in [1.29, 1.82) is 0 Å². The van der Waals surface area contributed by atoms with Crippen LogP contribution in [0.2, 0.25) is 0 Å². The summed E-state index contributed by atoms with van der Waals surface area (Å²) in [4.78, 5) is 1.34. The highest BCUT2D eigenvalue weighted by Crippen LogP contribution is 2.46. The quantitative estimate of drug-likeness (QED) is 0.890. The molecule has 2 atom stereocenters. The number of rotatable bonds is 2. The van der Waals surface area contributed by atoms with Crippen LogP contribution in [0.3, 0.4) is 0 Å². The summed E-state index contributed by atoms with van der Waals surface area (Å²) in [6.45, 7) is 6.75. The summed E-state index contributed by atoms with van der Waals surface area (Å²) in [6, 6.07) is 4.75. The van der Waals surface area contributed by atoms with Crippen molar-refractivity contribution >= 4 is 11.8 Å². The predicted octanol–water partition coefficient (Wildman–Crippen LogP) is 2.99. The lowest BCUT2D eigenvalue weighted by Gasteiger charge is -2.31. The van der Waals surface area contributed by atoms with Crippen LogP contribution in [0.4, 0.5) is 0 Å². The molecular formula is C14H19NO2S. The molecule has 1 aromatic rings. The molecule has 0 spiro atoms. The van der Waals surface area contributed by atoms with Gasteiger partial charge in [0, 0.05) is 16.2 Å². The van der Waals surface area contributed by atoms with Gasteiger partial charge in [0.2, 0.25) is 0 Å². The zero-order chi connectivity index (χ0) is 12.5. The molecule has 2 unspecified atom stereocenters. The fourth-order valence-corrected chi connectivity index (χ4v) is 3.86. The summed E-state index contributed by atoms with van der Waals surface area (Å²) >= 11 is 1.94. The molecule has 1 N–H and O–H groups in total. The standard InChI is InChI=1S/C14H19NO2S/c1-3-15-11-6-9(2)18-14-8-13-12(7-10(11)14)16-4-5-17-13/h7-9,11,15H,3-6H2,1-2H3. The van der Waals surface area contributed by atoms with Gasteiger partial charge in [-0.05, 0) is 30.7 Å². The maximum atomic E-state index is 5.68. The highest BCUT2D eigenvalue weighted by molar-refractivity contribution is 8.00. The highest BCUT2D eigenvalue weighted by atomic mass is 32.2. The van der Waals surface area contributed by atoms with Crippen LogP contribution in [-0.4, -0.2) is 25.0 Å². The first-order valence-electron chi connectivity index (χ1n) is 6.61. The molecule has 2 heterocycles. The third-order valence-electron chi connectivity index (χ3n) is 3.40. The average molecular weight is 265 g/mol. The van der Waals surface area contributed by atoms with E-state index in [-0.39, 0.29) is 0 Å². The second-order valence-electron chi connectivity index (χ2n) is 4.81. The minimum absolute atomic E-state index is 0.442. The van der Waals surface area contributed by atoms with Gasteiger partial charge >= 0.3 is 0 Å². The molecule has 3 rings (SSSR count). The summed E-state index contributed by atoms with van der Waals surface area (Å²) in [5.41, 5.74) is 1.37. The second kappa shape index (κ2) is 5.02. The van der Waals surface area contributed by atoms with E-state index in [9.17, 15) is 0 Å². The number of hydrogen-bond acceptors (Lipinski definition) is 4. The van der Waals surface area contributed by atoms with Crippen LogP contribution in [0.5, 0.6) is 11.5 Å². The maximum absolute atomic E-state index is 5.68. The fraction of sp³-hybridized carbons (Fsp3) is 0.571. The predicted molar refractivity (Wildman–Crippen MR) is 73.8 cm³/mol. The van der Waals surface area contributed by atoms with Crippen LogP contribution in [0, 0.1) is 0 Å². The lowest BCUT2D eigenvalue weighted by atomic mass is 10.0. The fourth-order valence-electron chi connectivity index (χ4n) is 2.62. The topological polar surface area (TPSA) is 30.5 Å². The summed E-state index contributed by atoms with van der Waals surface area (Å²) in [7, 11) is 0. The number of benzene rings is 1. The van der Waals surface area contributed by atoms with Gasteiger partial charge in [-0.3, -0.25) is 0 Å².